The summed E-state index contributed by atoms with van der Waals surface area (Å²) in [5.74, 6) is 1.34. The average Bonchev–Trinajstić information content (AvgIpc) is 2.77. The lowest BCUT2D eigenvalue weighted by molar-refractivity contribution is 0.358. The van der Waals surface area contributed by atoms with Crippen LogP contribution in [-0.4, -0.2) is 16.2 Å². The summed E-state index contributed by atoms with van der Waals surface area (Å²) in [7, 11) is 0. The van der Waals surface area contributed by atoms with Crippen molar-refractivity contribution in [2.24, 2.45) is 0 Å². The fraction of sp³-hybridized carbons (Fsp3) is 0.385. The highest BCUT2D eigenvalue weighted by molar-refractivity contribution is 9.10. The zero-order chi connectivity index (χ0) is 13.0. The van der Waals surface area contributed by atoms with E-state index in [9.17, 15) is 0 Å². The summed E-state index contributed by atoms with van der Waals surface area (Å²) in [6.45, 7) is 4.78. The van der Waals surface area contributed by atoms with E-state index in [0.717, 1.165) is 10.0 Å². The highest BCUT2D eigenvalue weighted by atomic mass is 79.9. The number of halogens is 1. The molecule has 96 valence electrons. The molecule has 2 aromatic rings. The van der Waals surface area contributed by atoms with Crippen molar-refractivity contribution in [2.45, 2.75) is 32.9 Å². The number of nitrogens with zero attached hydrogens (tertiary/aromatic N) is 2. The van der Waals surface area contributed by atoms with Crippen LogP contribution in [0.3, 0.4) is 0 Å². The summed E-state index contributed by atoms with van der Waals surface area (Å²) in [6.07, 6.45) is 0.673. The molecule has 1 heterocycles. The van der Waals surface area contributed by atoms with Gasteiger partial charge in [-0.2, -0.15) is 4.98 Å². The van der Waals surface area contributed by atoms with Crippen molar-refractivity contribution in [2.75, 3.05) is 0 Å². The Balaban J connectivity index is 2.00. The van der Waals surface area contributed by atoms with E-state index in [1.54, 1.807) is 0 Å². The van der Waals surface area contributed by atoms with Gasteiger partial charge in [-0.15, -0.1) is 0 Å². The quantitative estimate of drug-likeness (QED) is 0.922. The van der Waals surface area contributed by atoms with Gasteiger partial charge in [-0.05, 0) is 11.6 Å². The highest BCUT2D eigenvalue weighted by Gasteiger charge is 2.08. The van der Waals surface area contributed by atoms with E-state index >= 15 is 0 Å². The summed E-state index contributed by atoms with van der Waals surface area (Å²) in [6, 6.07) is 8.45. The van der Waals surface area contributed by atoms with Crippen molar-refractivity contribution in [3.8, 4) is 0 Å². The lowest BCUT2D eigenvalue weighted by Gasteiger charge is -2.03. The third kappa shape index (κ3) is 3.65. The standard InChI is InChI=1S/C13H16BrN3O/c1-9(2)15-8-13-16-12(17-18-13)7-10-5-3-4-6-11(10)14/h3-6,9,15H,7-8H2,1-2H3. The van der Waals surface area contributed by atoms with Gasteiger partial charge >= 0.3 is 0 Å². The van der Waals surface area contributed by atoms with Crippen molar-refractivity contribution in [1.82, 2.24) is 15.5 Å². The number of hydrogen-bond acceptors (Lipinski definition) is 4. The van der Waals surface area contributed by atoms with Crippen molar-refractivity contribution in [1.29, 1.82) is 0 Å². The molecule has 5 heteroatoms. The zero-order valence-electron chi connectivity index (χ0n) is 10.5. The summed E-state index contributed by atoms with van der Waals surface area (Å²) >= 11 is 3.51. The van der Waals surface area contributed by atoms with Gasteiger partial charge in [0, 0.05) is 16.9 Å². The third-order valence-electron chi connectivity index (χ3n) is 2.48. The smallest absolute Gasteiger partial charge is 0.240 e. The van der Waals surface area contributed by atoms with E-state index in [-0.39, 0.29) is 0 Å². The van der Waals surface area contributed by atoms with E-state index in [2.05, 4.69) is 45.2 Å². The van der Waals surface area contributed by atoms with Crippen LogP contribution in [0, 0.1) is 0 Å². The van der Waals surface area contributed by atoms with Gasteiger partial charge in [0.05, 0.1) is 6.54 Å². The summed E-state index contributed by atoms with van der Waals surface area (Å²) in [4.78, 5) is 4.36. The number of aromatic nitrogens is 2. The van der Waals surface area contributed by atoms with Gasteiger partial charge in [-0.1, -0.05) is 53.1 Å². The Morgan fingerprint density at radius 3 is 2.83 bits per heavy atom. The van der Waals surface area contributed by atoms with E-state index in [4.69, 9.17) is 4.52 Å². The Morgan fingerprint density at radius 1 is 1.33 bits per heavy atom. The van der Waals surface area contributed by atoms with Gasteiger partial charge in [0.2, 0.25) is 5.89 Å². The fourth-order valence-corrected chi connectivity index (χ4v) is 1.96. The Kier molecular flexibility index (Phi) is 4.49. The molecule has 0 saturated heterocycles. The number of hydrogen-bond donors (Lipinski definition) is 1. The molecule has 0 radical (unpaired) electrons. The number of rotatable bonds is 5. The van der Waals surface area contributed by atoms with E-state index in [1.165, 1.54) is 0 Å². The van der Waals surface area contributed by atoms with Gasteiger partial charge in [-0.25, -0.2) is 0 Å². The van der Waals surface area contributed by atoms with Gasteiger partial charge in [0.15, 0.2) is 5.82 Å². The molecule has 1 N–H and O–H groups in total. The minimum absolute atomic E-state index is 0.406. The minimum Gasteiger partial charge on any atom is -0.338 e. The van der Waals surface area contributed by atoms with Crippen LogP contribution >= 0.6 is 15.9 Å². The van der Waals surface area contributed by atoms with Crippen LogP contribution in [0.5, 0.6) is 0 Å². The van der Waals surface area contributed by atoms with Gasteiger partial charge < -0.3 is 9.84 Å². The topological polar surface area (TPSA) is 51.0 Å². The zero-order valence-corrected chi connectivity index (χ0v) is 12.1. The van der Waals surface area contributed by atoms with Gasteiger partial charge in [0.1, 0.15) is 0 Å². The molecule has 0 aliphatic heterocycles. The predicted octanol–water partition coefficient (Wildman–Crippen LogP) is 2.92. The van der Waals surface area contributed by atoms with Crippen LogP contribution in [0.1, 0.15) is 31.1 Å². The lowest BCUT2D eigenvalue weighted by Crippen LogP contribution is -2.21. The maximum atomic E-state index is 5.19. The van der Waals surface area contributed by atoms with Gasteiger partial charge in [0.25, 0.3) is 0 Å². The summed E-state index contributed by atoms with van der Waals surface area (Å²) < 4.78 is 6.25. The van der Waals surface area contributed by atoms with Crippen LogP contribution in [0.2, 0.25) is 0 Å². The second-order valence-electron chi connectivity index (χ2n) is 4.41. The molecule has 0 fully saturated rings. The number of benzene rings is 1. The maximum absolute atomic E-state index is 5.19. The van der Waals surface area contributed by atoms with Crippen LogP contribution in [0.25, 0.3) is 0 Å². The predicted molar refractivity (Wildman–Crippen MR) is 73.2 cm³/mol. The summed E-state index contributed by atoms with van der Waals surface area (Å²) in [5, 5.41) is 7.23. The molecule has 0 spiro atoms. The third-order valence-corrected chi connectivity index (χ3v) is 3.25. The first kappa shape index (κ1) is 13.2. The molecule has 1 aromatic heterocycles. The summed E-state index contributed by atoms with van der Waals surface area (Å²) in [5.41, 5.74) is 1.15. The second kappa shape index (κ2) is 6.11. The molecule has 0 aliphatic carbocycles. The Morgan fingerprint density at radius 2 is 2.11 bits per heavy atom. The van der Waals surface area contributed by atoms with Crippen molar-refractivity contribution in [3.63, 3.8) is 0 Å². The lowest BCUT2D eigenvalue weighted by atomic mass is 10.1. The van der Waals surface area contributed by atoms with Crippen molar-refractivity contribution < 1.29 is 4.52 Å². The van der Waals surface area contributed by atoms with E-state index in [0.29, 0.717) is 30.7 Å². The molecule has 18 heavy (non-hydrogen) atoms. The molecule has 0 saturated carbocycles. The first-order chi connectivity index (χ1) is 8.65. The molecular formula is C13H16BrN3O. The first-order valence-electron chi connectivity index (χ1n) is 5.93. The van der Waals surface area contributed by atoms with Crippen LogP contribution in [-0.2, 0) is 13.0 Å². The number of nitrogens with one attached hydrogen (secondary N) is 1. The first-order valence-corrected chi connectivity index (χ1v) is 6.72. The van der Waals surface area contributed by atoms with E-state index in [1.807, 2.05) is 24.3 Å². The van der Waals surface area contributed by atoms with Crippen LogP contribution in [0.4, 0.5) is 0 Å². The van der Waals surface area contributed by atoms with Crippen LogP contribution in [0.15, 0.2) is 33.3 Å². The molecule has 0 atom stereocenters. The van der Waals surface area contributed by atoms with Crippen molar-refractivity contribution >= 4 is 15.9 Å². The molecule has 0 bridgehead atoms. The Hall–Kier alpha value is -1.20. The average molecular weight is 310 g/mol. The SMILES string of the molecule is CC(C)NCc1nc(Cc2ccccc2Br)no1. The minimum atomic E-state index is 0.406. The largest absolute Gasteiger partial charge is 0.338 e. The molecular weight excluding hydrogens is 294 g/mol. The molecule has 0 amide bonds. The van der Waals surface area contributed by atoms with Crippen molar-refractivity contribution in [3.05, 3.63) is 46.0 Å². The fourth-order valence-electron chi connectivity index (χ4n) is 1.54. The molecule has 0 aliphatic rings. The Labute approximate surface area is 115 Å². The van der Waals surface area contributed by atoms with Gasteiger partial charge in [-0.3, -0.25) is 0 Å². The molecule has 2 rings (SSSR count). The monoisotopic (exact) mass is 309 g/mol. The maximum Gasteiger partial charge on any atom is 0.240 e. The van der Waals surface area contributed by atoms with Crippen LogP contribution < -0.4 is 5.32 Å². The molecule has 4 nitrogen and oxygen atoms in total. The molecule has 0 unspecified atom stereocenters. The normalized spacial score (nSPS) is 11.1. The van der Waals surface area contributed by atoms with E-state index < -0.39 is 0 Å². The Bertz CT molecular complexity index is 510. The second-order valence-corrected chi connectivity index (χ2v) is 5.26. The molecule has 1 aromatic carbocycles. The highest BCUT2D eigenvalue weighted by Crippen LogP contribution is 2.18.